The molecule has 2 aromatic heterocycles. The van der Waals surface area contributed by atoms with Gasteiger partial charge in [-0.2, -0.15) is 18.3 Å². The summed E-state index contributed by atoms with van der Waals surface area (Å²) in [5.74, 6) is 0.274. The fourth-order valence-corrected chi connectivity index (χ4v) is 1.82. The van der Waals surface area contributed by atoms with E-state index in [1.54, 1.807) is 6.07 Å². The number of hydrogen-bond acceptors (Lipinski definition) is 3. The predicted molar refractivity (Wildman–Crippen MR) is 66.3 cm³/mol. The molecule has 20 heavy (non-hydrogen) atoms. The standard InChI is InChI=1S/C13H14F3N3O/c1-2-3-11-4-9(8-20)5-12(18-11)19-7-10(6-17-19)13(14,15)16/h4-7,20H,2-3,8H2,1H3. The number of nitrogens with zero attached hydrogens (tertiary/aromatic N) is 3. The first kappa shape index (κ1) is 14.5. The van der Waals surface area contributed by atoms with Gasteiger partial charge in [0, 0.05) is 11.9 Å². The Balaban J connectivity index is 2.41. The first-order valence-corrected chi connectivity index (χ1v) is 6.17. The van der Waals surface area contributed by atoms with Crippen LogP contribution in [0.4, 0.5) is 13.2 Å². The second kappa shape index (κ2) is 5.62. The lowest BCUT2D eigenvalue weighted by Gasteiger charge is -2.07. The Morgan fingerprint density at radius 3 is 2.60 bits per heavy atom. The first-order chi connectivity index (χ1) is 9.44. The molecule has 0 bridgehead atoms. The van der Waals surface area contributed by atoms with Crippen molar-refractivity contribution in [2.45, 2.75) is 32.5 Å². The molecule has 0 spiro atoms. The zero-order chi connectivity index (χ0) is 14.8. The van der Waals surface area contributed by atoms with Gasteiger partial charge in [0.05, 0.1) is 18.4 Å². The van der Waals surface area contributed by atoms with Crippen molar-refractivity contribution in [2.75, 3.05) is 0 Å². The van der Waals surface area contributed by atoms with Crippen LogP contribution in [0.3, 0.4) is 0 Å². The highest BCUT2D eigenvalue weighted by Crippen LogP contribution is 2.29. The summed E-state index contributed by atoms with van der Waals surface area (Å²) >= 11 is 0. The van der Waals surface area contributed by atoms with Gasteiger partial charge in [0.25, 0.3) is 0 Å². The summed E-state index contributed by atoms with van der Waals surface area (Å²) in [4.78, 5) is 4.26. The van der Waals surface area contributed by atoms with Gasteiger partial charge in [0.15, 0.2) is 5.82 Å². The van der Waals surface area contributed by atoms with Crippen LogP contribution < -0.4 is 0 Å². The number of aliphatic hydroxyl groups excluding tert-OH is 1. The SMILES string of the molecule is CCCc1cc(CO)cc(-n2cc(C(F)(F)F)cn2)n1. The van der Waals surface area contributed by atoms with Crippen molar-refractivity contribution in [1.29, 1.82) is 0 Å². The smallest absolute Gasteiger partial charge is 0.392 e. The lowest BCUT2D eigenvalue weighted by Crippen LogP contribution is -2.05. The molecule has 0 saturated carbocycles. The van der Waals surface area contributed by atoms with Crippen molar-refractivity contribution in [3.8, 4) is 5.82 Å². The molecule has 0 aliphatic carbocycles. The van der Waals surface area contributed by atoms with Gasteiger partial charge in [-0.1, -0.05) is 13.3 Å². The van der Waals surface area contributed by atoms with E-state index in [0.717, 1.165) is 29.2 Å². The van der Waals surface area contributed by atoms with E-state index in [-0.39, 0.29) is 12.4 Å². The summed E-state index contributed by atoms with van der Waals surface area (Å²) in [5, 5.41) is 12.9. The van der Waals surface area contributed by atoms with Crippen LogP contribution in [-0.2, 0) is 19.2 Å². The van der Waals surface area contributed by atoms with Crippen molar-refractivity contribution in [3.05, 3.63) is 41.3 Å². The largest absolute Gasteiger partial charge is 0.419 e. The molecule has 0 amide bonds. The van der Waals surface area contributed by atoms with Crippen molar-refractivity contribution >= 4 is 0 Å². The first-order valence-electron chi connectivity index (χ1n) is 6.17. The van der Waals surface area contributed by atoms with E-state index in [1.807, 2.05) is 6.92 Å². The topological polar surface area (TPSA) is 50.9 Å². The fraction of sp³-hybridized carbons (Fsp3) is 0.385. The zero-order valence-electron chi connectivity index (χ0n) is 10.9. The van der Waals surface area contributed by atoms with Crippen molar-refractivity contribution in [2.24, 2.45) is 0 Å². The van der Waals surface area contributed by atoms with Gasteiger partial charge >= 0.3 is 6.18 Å². The molecule has 2 aromatic rings. The maximum absolute atomic E-state index is 12.5. The van der Waals surface area contributed by atoms with Crippen LogP contribution in [0.15, 0.2) is 24.5 Å². The summed E-state index contributed by atoms with van der Waals surface area (Å²) in [5.41, 5.74) is 0.492. The van der Waals surface area contributed by atoms with Crippen LogP contribution in [0.1, 0.15) is 30.2 Å². The Hall–Kier alpha value is -1.89. The maximum atomic E-state index is 12.5. The summed E-state index contributed by atoms with van der Waals surface area (Å²) in [6.07, 6.45) is -1.24. The molecular formula is C13H14F3N3O. The Bertz CT molecular complexity index is 593. The average Bonchev–Trinajstić information content (AvgIpc) is 2.88. The van der Waals surface area contributed by atoms with Gasteiger partial charge in [-0.15, -0.1) is 0 Å². The van der Waals surface area contributed by atoms with E-state index >= 15 is 0 Å². The Labute approximate surface area is 113 Å². The summed E-state index contributed by atoms with van der Waals surface area (Å²) < 4.78 is 38.7. The molecule has 2 rings (SSSR count). The van der Waals surface area contributed by atoms with Crippen molar-refractivity contribution in [3.63, 3.8) is 0 Å². The van der Waals surface area contributed by atoms with E-state index in [9.17, 15) is 18.3 Å². The van der Waals surface area contributed by atoms with Crippen LogP contribution in [0.5, 0.6) is 0 Å². The van der Waals surface area contributed by atoms with Crippen molar-refractivity contribution < 1.29 is 18.3 Å². The molecule has 1 N–H and O–H groups in total. The number of pyridine rings is 1. The molecule has 4 nitrogen and oxygen atoms in total. The number of hydrogen-bond donors (Lipinski definition) is 1. The third kappa shape index (κ3) is 3.16. The Morgan fingerprint density at radius 1 is 1.30 bits per heavy atom. The molecule has 0 aromatic carbocycles. The van der Waals surface area contributed by atoms with Gasteiger partial charge in [0.2, 0.25) is 0 Å². The molecule has 0 fully saturated rings. The third-order valence-electron chi connectivity index (χ3n) is 2.76. The van der Waals surface area contributed by atoms with E-state index in [2.05, 4.69) is 10.1 Å². The van der Waals surface area contributed by atoms with E-state index in [0.29, 0.717) is 12.0 Å². The van der Waals surface area contributed by atoms with E-state index in [1.165, 1.54) is 6.07 Å². The number of aryl methyl sites for hydroxylation is 1. The summed E-state index contributed by atoms with van der Waals surface area (Å²) in [6.45, 7) is 1.78. The minimum Gasteiger partial charge on any atom is -0.392 e. The lowest BCUT2D eigenvalue weighted by molar-refractivity contribution is -0.137. The molecule has 0 aliphatic rings. The van der Waals surface area contributed by atoms with E-state index in [4.69, 9.17) is 0 Å². The van der Waals surface area contributed by atoms with E-state index < -0.39 is 11.7 Å². The molecule has 0 atom stereocenters. The highest BCUT2D eigenvalue weighted by molar-refractivity contribution is 5.31. The number of aliphatic hydroxyl groups is 1. The van der Waals surface area contributed by atoms with Gasteiger partial charge in [0.1, 0.15) is 0 Å². The monoisotopic (exact) mass is 285 g/mol. The Morgan fingerprint density at radius 2 is 2.05 bits per heavy atom. The summed E-state index contributed by atoms with van der Waals surface area (Å²) in [7, 11) is 0. The fourth-order valence-electron chi connectivity index (χ4n) is 1.82. The van der Waals surface area contributed by atoms with Crippen LogP contribution >= 0.6 is 0 Å². The second-order valence-electron chi connectivity index (χ2n) is 4.40. The number of aromatic nitrogens is 3. The maximum Gasteiger partial charge on any atom is 0.419 e. The van der Waals surface area contributed by atoms with Crippen LogP contribution in [0.25, 0.3) is 5.82 Å². The molecule has 0 unspecified atom stereocenters. The normalized spacial score (nSPS) is 11.8. The minimum absolute atomic E-state index is 0.195. The lowest BCUT2D eigenvalue weighted by atomic mass is 10.1. The molecule has 0 radical (unpaired) electrons. The molecule has 7 heteroatoms. The zero-order valence-corrected chi connectivity index (χ0v) is 10.9. The molecule has 108 valence electrons. The highest BCUT2D eigenvalue weighted by Gasteiger charge is 2.32. The number of halogens is 3. The number of rotatable bonds is 4. The van der Waals surface area contributed by atoms with Crippen LogP contribution in [0.2, 0.25) is 0 Å². The van der Waals surface area contributed by atoms with Gasteiger partial charge in [-0.05, 0) is 24.1 Å². The molecule has 2 heterocycles. The molecular weight excluding hydrogens is 271 g/mol. The van der Waals surface area contributed by atoms with Gasteiger partial charge in [-0.3, -0.25) is 0 Å². The Kier molecular flexibility index (Phi) is 4.08. The third-order valence-corrected chi connectivity index (χ3v) is 2.76. The molecule has 0 saturated heterocycles. The van der Waals surface area contributed by atoms with Crippen molar-refractivity contribution in [1.82, 2.24) is 14.8 Å². The van der Waals surface area contributed by atoms with Gasteiger partial charge < -0.3 is 5.11 Å². The second-order valence-corrected chi connectivity index (χ2v) is 4.40. The highest BCUT2D eigenvalue weighted by atomic mass is 19.4. The quantitative estimate of drug-likeness (QED) is 0.939. The van der Waals surface area contributed by atoms with Gasteiger partial charge in [-0.25, -0.2) is 9.67 Å². The predicted octanol–water partition coefficient (Wildman–Crippen LogP) is 2.73. The summed E-state index contributed by atoms with van der Waals surface area (Å²) in [6, 6.07) is 3.26. The average molecular weight is 285 g/mol. The molecule has 0 aliphatic heterocycles. The minimum atomic E-state index is -4.43. The van der Waals surface area contributed by atoms with Crippen LogP contribution in [0, 0.1) is 0 Å². The van der Waals surface area contributed by atoms with Crippen LogP contribution in [-0.4, -0.2) is 19.9 Å². The number of alkyl halides is 3.